The van der Waals surface area contributed by atoms with Crippen LogP contribution < -0.4 is 20.5 Å². The van der Waals surface area contributed by atoms with Gasteiger partial charge >= 0.3 is 0 Å². The van der Waals surface area contributed by atoms with Crippen molar-refractivity contribution in [1.29, 1.82) is 0 Å². The summed E-state index contributed by atoms with van der Waals surface area (Å²) in [4.78, 5) is 17.5. The third-order valence-electron chi connectivity index (χ3n) is 4.46. The fourth-order valence-corrected chi connectivity index (χ4v) is 4.14. The van der Waals surface area contributed by atoms with Crippen LogP contribution in [0.25, 0.3) is 0 Å². The molecule has 0 saturated carbocycles. The first-order valence-corrected chi connectivity index (χ1v) is 9.37. The molecule has 0 spiro atoms. The van der Waals surface area contributed by atoms with Crippen molar-refractivity contribution in [1.82, 2.24) is 10.3 Å². The maximum Gasteiger partial charge on any atom is 0.221 e. The predicted octanol–water partition coefficient (Wildman–Crippen LogP) is 3.68. The summed E-state index contributed by atoms with van der Waals surface area (Å²) in [6.45, 7) is 0.417. The number of benzene rings is 2. The average molecular weight is 381 g/mol. The third kappa shape index (κ3) is 3.73. The second-order valence-electron chi connectivity index (χ2n) is 6.25. The van der Waals surface area contributed by atoms with E-state index in [1.165, 1.54) is 11.3 Å². The Bertz CT molecular complexity index is 969. The van der Waals surface area contributed by atoms with Gasteiger partial charge in [-0.25, -0.2) is 4.98 Å². The molecule has 0 radical (unpaired) electrons. The molecule has 138 valence electrons. The minimum absolute atomic E-state index is 0.00486. The van der Waals surface area contributed by atoms with Crippen molar-refractivity contribution in [3.63, 3.8) is 0 Å². The van der Waals surface area contributed by atoms with E-state index in [1.807, 2.05) is 48.5 Å². The lowest BCUT2D eigenvalue weighted by molar-refractivity contribution is -0.121. The quantitative estimate of drug-likeness (QED) is 0.720. The number of hydrogen-bond donors (Lipinski definition) is 2. The van der Waals surface area contributed by atoms with Crippen LogP contribution in [0, 0.1) is 0 Å². The van der Waals surface area contributed by atoms with Crippen LogP contribution in [0.1, 0.15) is 28.5 Å². The fraction of sp³-hybridized carbons (Fsp3) is 0.200. The van der Waals surface area contributed by atoms with Gasteiger partial charge < -0.3 is 20.5 Å². The van der Waals surface area contributed by atoms with E-state index in [1.54, 1.807) is 7.11 Å². The zero-order valence-electron chi connectivity index (χ0n) is 14.8. The van der Waals surface area contributed by atoms with E-state index >= 15 is 0 Å². The Balaban J connectivity index is 1.63. The number of ether oxygens (including phenoxy) is 2. The highest BCUT2D eigenvalue weighted by Crippen LogP contribution is 2.38. The summed E-state index contributed by atoms with van der Waals surface area (Å²) < 4.78 is 11.1. The molecule has 2 aromatic carbocycles. The molecule has 3 N–H and O–H groups in total. The number of anilines is 1. The smallest absolute Gasteiger partial charge is 0.221 e. The molecule has 7 heteroatoms. The Morgan fingerprint density at radius 2 is 1.93 bits per heavy atom. The molecule has 1 unspecified atom stereocenters. The van der Waals surface area contributed by atoms with Crippen molar-refractivity contribution in [3.8, 4) is 17.2 Å². The predicted molar refractivity (Wildman–Crippen MR) is 104 cm³/mol. The van der Waals surface area contributed by atoms with Crippen molar-refractivity contribution in [2.45, 2.75) is 18.9 Å². The maximum atomic E-state index is 12.1. The van der Waals surface area contributed by atoms with Gasteiger partial charge in [-0.15, -0.1) is 11.3 Å². The van der Waals surface area contributed by atoms with Crippen molar-refractivity contribution < 1.29 is 14.3 Å². The largest absolute Gasteiger partial charge is 0.497 e. The Morgan fingerprint density at radius 3 is 2.70 bits per heavy atom. The van der Waals surface area contributed by atoms with Gasteiger partial charge in [-0.05, 0) is 42.0 Å². The van der Waals surface area contributed by atoms with Gasteiger partial charge in [-0.3, -0.25) is 4.79 Å². The molecule has 1 aliphatic heterocycles. The average Bonchev–Trinajstić information content (AvgIpc) is 2.98. The number of rotatable bonds is 4. The Morgan fingerprint density at radius 1 is 1.15 bits per heavy atom. The zero-order chi connectivity index (χ0) is 18.8. The maximum absolute atomic E-state index is 12.1. The van der Waals surface area contributed by atoms with Crippen molar-refractivity contribution in [2.24, 2.45) is 0 Å². The molecule has 0 bridgehead atoms. The normalized spacial score (nSPS) is 16.2. The molecule has 4 rings (SSSR count). The number of nitrogens with one attached hydrogen (secondary N) is 1. The van der Waals surface area contributed by atoms with E-state index < -0.39 is 0 Å². The van der Waals surface area contributed by atoms with Gasteiger partial charge in [0.1, 0.15) is 17.2 Å². The number of carbonyl (C=O) groups is 1. The summed E-state index contributed by atoms with van der Waals surface area (Å²) in [7, 11) is 1.63. The number of thiazole rings is 1. The molecule has 1 amide bonds. The van der Waals surface area contributed by atoms with E-state index in [0.717, 1.165) is 21.9 Å². The number of nitrogens with zero attached hydrogens (tertiary/aromatic N) is 1. The van der Waals surface area contributed by atoms with Gasteiger partial charge in [0.15, 0.2) is 5.13 Å². The molecule has 6 nitrogen and oxygen atoms in total. The monoisotopic (exact) mass is 381 g/mol. The lowest BCUT2D eigenvalue weighted by Crippen LogP contribution is -2.21. The molecular formula is C20H19N3O3S. The number of nitrogens with two attached hydrogens (primary N) is 1. The van der Waals surface area contributed by atoms with E-state index in [4.69, 9.17) is 15.2 Å². The second kappa shape index (κ2) is 7.28. The summed E-state index contributed by atoms with van der Waals surface area (Å²) >= 11 is 1.44. The zero-order valence-corrected chi connectivity index (χ0v) is 15.6. The first kappa shape index (κ1) is 17.4. The van der Waals surface area contributed by atoms with Crippen molar-refractivity contribution in [2.75, 3.05) is 12.8 Å². The highest BCUT2D eigenvalue weighted by atomic mass is 32.1. The first-order valence-electron chi connectivity index (χ1n) is 8.56. The third-order valence-corrected chi connectivity index (χ3v) is 5.50. The van der Waals surface area contributed by atoms with Gasteiger partial charge in [-0.2, -0.15) is 0 Å². The molecular weight excluding hydrogens is 362 g/mol. The molecule has 3 aromatic rings. The lowest BCUT2D eigenvalue weighted by atomic mass is 9.93. The summed E-state index contributed by atoms with van der Waals surface area (Å²) in [5, 5.41) is 3.41. The summed E-state index contributed by atoms with van der Waals surface area (Å²) in [5.74, 6) is 2.12. The summed E-state index contributed by atoms with van der Waals surface area (Å²) in [6.07, 6.45) is 0.362. The SMILES string of the molecule is COc1ccc(Oc2cccc(C3CC(=O)NCc4nc(N)sc43)c2)cc1. The first-order chi connectivity index (χ1) is 13.1. The van der Waals surface area contributed by atoms with Gasteiger partial charge in [0, 0.05) is 17.2 Å². The lowest BCUT2D eigenvalue weighted by Gasteiger charge is -2.15. The molecule has 2 heterocycles. The number of carbonyl (C=O) groups excluding carboxylic acids is 1. The molecule has 0 fully saturated rings. The number of fused-ring (bicyclic) bond motifs is 1. The van der Waals surface area contributed by atoms with Crippen LogP contribution in [0.5, 0.6) is 17.2 Å². The van der Waals surface area contributed by atoms with Gasteiger partial charge in [-0.1, -0.05) is 12.1 Å². The Labute approximate surface area is 161 Å². The highest BCUT2D eigenvalue weighted by molar-refractivity contribution is 7.15. The second-order valence-corrected chi connectivity index (χ2v) is 7.31. The van der Waals surface area contributed by atoms with Crippen molar-refractivity contribution in [3.05, 3.63) is 64.7 Å². The van der Waals surface area contributed by atoms with Gasteiger partial charge in [0.05, 0.1) is 19.3 Å². The minimum atomic E-state index is -0.0864. The van der Waals surface area contributed by atoms with Crippen LogP contribution in [0.4, 0.5) is 5.13 Å². The van der Waals surface area contributed by atoms with E-state index in [2.05, 4.69) is 10.3 Å². The molecule has 27 heavy (non-hydrogen) atoms. The number of hydrogen-bond acceptors (Lipinski definition) is 6. The molecule has 0 saturated heterocycles. The minimum Gasteiger partial charge on any atom is -0.497 e. The van der Waals surface area contributed by atoms with Crippen LogP contribution in [-0.4, -0.2) is 18.0 Å². The van der Waals surface area contributed by atoms with Crippen molar-refractivity contribution >= 4 is 22.4 Å². The van der Waals surface area contributed by atoms with Gasteiger partial charge in [0.2, 0.25) is 5.91 Å². The number of aromatic nitrogens is 1. The topological polar surface area (TPSA) is 86.5 Å². The fourth-order valence-electron chi connectivity index (χ4n) is 3.16. The van der Waals surface area contributed by atoms with Crippen LogP contribution in [0.15, 0.2) is 48.5 Å². The van der Waals surface area contributed by atoms with Crippen LogP contribution in [0.3, 0.4) is 0 Å². The van der Waals surface area contributed by atoms with E-state index in [-0.39, 0.29) is 11.8 Å². The summed E-state index contributed by atoms with van der Waals surface area (Å²) in [6, 6.07) is 15.2. The van der Waals surface area contributed by atoms with E-state index in [0.29, 0.717) is 29.6 Å². The van der Waals surface area contributed by atoms with Crippen LogP contribution in [0.2, 0.25) is 0 Å². The molecule has 1 aromatic heterocycles. The van der Waals surface area contributed by atoms with Crippen LogP contribution >= 0.6 is 11.3 Å². The molecule has 0 aliphatic carbocycles. The Kier molecular flexibility index (Phi) is 4.68. The van der Waals surface area contributed by atoms with Gasteiger partial charge in [0.25, 0.3) is 0 Å². The number of methoxy groups -OCH3 is 1. The Hall–Kier alpha value is -3.06. The number of nitrogen functional groups attached to an aromatic ring is 1. The molecule has 1 aliphatic rings. The van der Waals surface area contributed by atoms with Crippen LogP contribution in [-0.2, 0) is 11.3 Å². The molecule has 1 atom stereocenters. The standard InChI is InChI=1S/C20H19N3O3S/c1-25-13-5-7-14(8-6-13)26-15-4-2-3-12(9-15)16-10-18(24)22-11-17-19(16)27-20(21)23-17/h2-9,16H,10-11H2,1H3,(H2,21,23)(H,22,24). The number of amides is 1. The highest BCUT2D eigenvalue weighted by Gasteiger charge is 2.27. The van der Waals surface area contributed by atoms with E-state index in [9.17, 15) is 4.79 Å². The summed E-state index contributed by atoms with van der Waals surface area (Å²) in [5.41, 5.74) is 7.74.